The van der Waals surface area contributed by atoms with Gasteiger partial charge < -0.3 is 9.47 Å². The van der Waals surface area contributed by atoms with Crippen molar-refractivity contribution < 1.29 is 14.3 Å². The van der Waals surface area contributed by atoms with E-state index in [9.17, 15) is 4.79 Å². The Labute approximate surface area is 99.6 Å². The Bertz CT molecular complexity index is 489. The first kappa shape index (κ1) is 11.2. The fourth-order valence-electron chi connectivity index (χ4n) is 1.38. The van der Waals surface area contributed by atoms with Crippen molar-refractivity contribution >= 4 is 5.97 Å². The van der Waals surface area contributed by atoms with Crippen LogP contribution in [0.3, 0.4) is 0 Å². The molecule has 0 spiro atoms. The number of hydrogen-bond donors (Lipinski definition) is 0. The predicted octanol–water partition coefficient (Wildman–Crippen LogP) is 2.91. The van der Waals surface area contributed by atoms with Crippen LogP contribution in [-0.4, -0.2) is 13.1 Å². The van der Waals surface area contributed by atoms with Gasteiger partial charge in [0.2, 0.25) is 0 Å². The number of esters is 1. The van der Waals surface area contributed by atoms with Crippen molar-refractivity contribution in [2.45, 2.75) is 0 Å². The summed E-state index contributed by atoms with van der Waals surface area (Å²) in [5.41, 5.74) is 0.495. The lowest BCUT2D eigenvalue weighted by Crippen LogP contribution is -2.08. The van der Waals surface area contributed by atoms with Crippen LogP contribution in [0.4, 0.5) is 0 Å². The summed E-state index contributed by atoms with van der Waals surface area (Å²) in [4.78, 5) is 11.8. The maximum absolute atomic E-state index is 11.8. The van der Waals surface area contributed by atoms with Crippen LogP contribution in [0.5, 0.6) is 11.5 Å². The van der Waals surface area contributed by atoms with Crippen LogP contribution in [0.25, 0.3) is 0 Å². The van der Waals surface area contributed by atoms with Crippen molar-refractivity contribution in [1.82, 2.24) is 0 Å². The summed E-state index contributed by atoms with van der Waals surface area (Å²) in [5, 5.41) is 0. The maximum atomic E-state index is 11.8. The average molecular weight is 228 g/mol. The number of rotatable bonds is 3. The highest BCUT2D eigenvalue weighted by molar-refractivity contribution is 5.91. The van der Waals surface area contributed by atoms with Gasteiger partial charge in [-0.2, -0.15) is 0 Å². The number of carbonyl (C=O) groups is 1. The fraction of sp³-hybridized carbons (Fsp3) is 0.0714. The SMILES string of the molecule is COc1ccc(C(=O)Oc2ccccc2)cc1. The van der Waals surface area contributed by atoms with Gasteiger partial charge in [0.25, 0.3) is 0 Å². The molecule has 0 N–H and O–H groups in total. The molecule has 0 atom stereocenters. The summed E-state index contributed by atoms with van der Waals surface area (Å²) in [5.74, 6) is 0.869. The van der Waals surface area contributed by atoms with Crippen LogP contribution < -0.4 is 9.47 Å². The number of methoxy groups -OCH3 is 1. The molecule has 0 unspecified atom stereocenters. The van der Waals surface area contributed by atoms with Gasteiger partial charge in [-0.25, -0.2) is 4.79 Å². The zero-order chi connectivity index (χ0) is 12.1. The molecule has 3 nitrogen and oxygen atoms in total. The highest BCUT2D eigenvalue weighted by atomic mass is 16.5. The largest absolute Gasteiger partial charge is 0.497 e. The standard InChI is InChI=1S/C14H12O3/c1-16-12-9-7-11(8-10-12)14(15)17-13-5-3-2-4-6-13/h2-10H,1H3. The first-order valence-electron chi connectivity index (χ1n) is 5.21. The molecule has 0 aliphatic carbocycles. The molecule has 0 aliphatic rings. The molecule has 0 saturated heterocycles. The monoisotopic (exact) mass is 228 g/mol. The lowest BCUT2D eigenvalue weighted by atomic mass is 10.2. The molecule has 2 rings (SSSR count). The number of ether oxygens (including phenoxy) is 2. The van der Waals surface area contributed by atoms with Gasteiger partial charge >= 0.3 is 5.97 Å². The van der Waals surface area contributed by atoms with E-state index in [0.717, 1.165) is 0 Å². The normalized spacial score (nSPS) is 9.71. The summed E-state index contributed by atoms with van der Waals surface area (Å²) in [7, 11) is 1.58. The van der Waals surface area contributed by atoms with E-state index >= 15 is 0 Å². The Morgan fingerprint density at radius 3 is 2.12 bits per heavy atom. The summed E-state index contributed by atoms with van der Waals surface area (Å²) < 4.78 is 10.2. The second-order valence-corrected chi connectivity index (χ2v) is 3.43. The molecule has 86 valence electrons. The van der Waals surface area contributed by atoms with Crippen LogP contribution in [-0.2, 0) is 0 Å². The number of benzene rings is 2. The lowest BCUT2D eigenvalue weighted by molar-refractivity contribution is 0.0735. The van der Waals surface area contributed by atoms with E-state index in [1.165, 1.54) is 0 Å². The van der Waals surface area contributed by atoms with Gasteiger partial charge in [0.05, 0.1) is 12.7 Å². The predicted molar refractivity (Wildman–Crippen MR) is 64.4 cm³/mol. The summed E-state index contributed by atoms with van der Waals surface area (Å²) >= 11 is 0. The van der Waals surface area contributed by atoms with Crippen molar-refractivity contribution in [1.29, 1.82) is 0 Å². The molecule has 0 bridgehead atoms. The molecule has 3 heteroatoms. The third kappa shape index (κ3) is 2.84. The third-order valence-corrected chi connectivity index (χ3v) is 2.28. The van der Waals surface area contributed by atoms with Crippen LogP contribution in [0.1, 0.15) is 10.4 Å². The quantitative estimate of drug-likeness (QED) is 0.598. The van der Waals surface area contributed by atoms with Crippen molar-refractivity contribution in [2.24, 2.45) is 0 Å². The lowest BCUT2D eigenvalue weighted by Gasteiger charge is -2.04. The summed E-state index contributed by atoms with van der Waals surface area (Å²) in [6, 6.07) is 15.8. The summed E-state index contributed by atoms with van der Waals surface area (Å²) in [6.07, 6.45) is 0. The van der Waals surface area contributed by atoms with Gasteiger partial charge in [-0.1, -0.05) is 18.2 Å². The van der Waals surface area contributed by atoms with E-state index in [1.807, 2.05) is 18.2 Å². The molecule has 0 radical (unpaired) electrons. The Morgan fingerprint density at radius 1 is 0.882 bits per heavy atom. The molecule has 0 saturated carbocycles. The number of carbonyl (C=O) groups excluding carboxylic acids is 1. The first-order valence-corrected chi connectivity index (χ1v) is 5.21. The molecule has 0 fully saturated rings. The maximum Gasteiger partial charge on any atom is 0.343 e. The second-order valence-electron chi connectivity index (χ2n) is 3.43. The Balaban J connectivity index is 2.09. The van der Waals surface area contributed by atoms with Crippen LogP contribution in [0.2, 0.25) is 0 Å². The molecular formula is C14H12O3. The highest BCUT2D eigenvalue weighted by Gasteiger charge is 2.07. The minimum absolute atomic E-state index is 0.376. The molecule has 17 heavy (non-hydrogen) atoms. The fourth-order valence-corrected chi connectivity index (χ4v) is 1.38. The van der Waals surface area contributed by atoms with Crippen LogP contribution in [0, 0.1) is 0 Å². The van der Waals surface area contributed by atoms with Crippen LogP contribution >= 0.6 is 0 Å². The molecule has 0 aromatic heterocycles. The van der Waals surface area contributed by atoms with E-state index < -0.39 is 0 Å². The van der Waals surface area contributed by atoms with Gasteiger partial charge in [0.1, 0.15) is 11.5 Å². The minimum atomic E-state index is -0.376. The van der Waals surface area contributed by atoms with Crippen molar-refractivity contribution in [2.75, 3.05) is 7.11 Å². The van der Waals surface area contributed by atoms with Crippen molar-refractivity contribution in [3.8, 4) is 11.5 Å². The van der Waals surface area contributed by atoms with Gasteiger partial charge in [-0.05, 0) is 36.4 Å². The Hall–Kier alpha value is -2.29. The first-order chi connectivity index (χ1) is 8.29. The van der Waals surface area contributed by atoms with Crippen LogP contribution in [0.15, 0.2) is 54.6 Å². The van der Waals surface area contributed by atoms with E-state index in [-0.39, 0.29) is 5.97 Å². The zero-order valence-electron chi connectivity index (χ0n) is 9.42. The Morgan fingerprint density at radius 2 is 1.53 bits per heavy atom. The van der Waals surface area contributed by atoms with E-state index in [1.54, 1.807) is 43.5 Å². The van der Waals surface area contributed by atoms with Gasteiger partial charge in [0, 0.05) is 0 Å². The third-order valence-electron chi connectivity index (χ3n) is 2.28. The van der Waals surface area contributed by atoms with Gasteiger partial charge in [-0.3, -0.25) is 0 Å². The van der Waals surface area contributed by atoms with E-state index in [0.29, 0.717) is 17.1 Å². The average Bonchev–Trinajstić information content (AvgIpc) is 2.40. The van der Waals surface area contributed by atoms with Gasteiger partial charge in [-0.15, -0.1) is 0 Å². The Kier molecular flexibility index (Phi) is 3.40. The second kappa shape index (κ2) is 5.16. The zero-order valence-corrected chi connectivity index (χ0v) is 9.42. The van der Waals surface area contributed by atoms with E-state index in [4.69, 9.17) is 9.47 Å². The number of para-hydroxylation sites is 1. The number of hydrogen-bond acceptors (Lipinski definition) is 3. The minimum Gasteiger partial charge on any atom is -0.497 e. The molecule has 0 heterocycles. The van der Waals surface area contributed by atoms with Crippen molar-refractivity contribution in [3.63, 3.8) is 0 Å². The molecular weight excluding hydrogens is 216 g/mol. The topological polar surface area (TPSA) is 35.5 Å². The van der Waals surface area contributed by atoms with E-state index in [2.05, 4.69) is 0 Å². The smallest absolute Gasteiger partial charge is 0.343 e. The highest BCUT2D eigenvalue weighted by Crippen LogP contribution is 2.14. The molecule has 0 amide bonds. The van der Waals surface area contributed by atoms with Crippen molar-refractivity contribution in [3.05, 3.63) is 60.2 Å². The molecule has 2 aromatic carbocycles. The van der Waals surface area contributed by atoms with Gasteiger partial charge in [0.15, 0.2) is 0 Å². The summed E-state index contributed by atoms with van der Waals surface area (Å²) in [6.45, 7) is 0. The molecule has 0 aliphatic heterocycles. The molecule has 2 aromatic rings.